The van der Waals surface area contributed by atoms with Crippen LogP contribution in [-0.2, 0) is 4.79 Å². The average Bonchev–Trinajstić information content (AvgIpc) is 2.52. The van der Waals surface area contributed by atoms with Crippen molar-refractivity contribution in [3.05, 3.63) is 5.38 Å². The van der Waals surface area contributed by atoms with Gasteiger partial charge in [-0.25, -0.2) is 0 Å². The first-order valence-corrected chi connectivity index (χ1v) is 5.61. The maximum absolute atomic E-state index is 11.6. The number of hydrogen-bond donors (Lipinski definition) is 1. The number of hydrogen-bond acceptors (Lipinski definition) is 4. The smallest absolute Gasteiger partial charge is 0.242 e. The van der Waals surface area contributed by atoms with Crippen LogP contribution >= 0.6 is 27.5 Å². The molecule has 0 radical (unpaired) electrons. The third-order valence-electron chi connectivity index (χ3n) is 2.15. The van der Waals surface area contributed by atoms with E-state index in [0.29, 0.717) is 5.82 Å². The molecule has 70 valence electrons. The Morgan fingerprint density at radius 2 is 2.46 bits per heavy atom. The lowest BCUT2D eigenvalue weighted by atomic mass is 9.84. The van der Waals surface area contributed by atoms with Gasteiger partial charge >= 0.3 is 0 Å². The Balaban J connectivity index is 1.99. The van der Waals surface area contributed by atoms with Gasteiger partial charge in [-0.3, -0.25) is 4.79 Å². The Morgan fingerprint density at radius 3 is 2.92 bits per heavy atom. The molecule has 1 aliphatic carbocycles. The van der Waals surface area contributed by atoms with Crippen LogP contribution in [-0.4, -0.2) is 19.8 Å². The van der Waals surface area contributed by atoms with Crippen LogP contribution in [0.15, 0.2) is 5.38 Å². The monoisotopic (exact) mass is 261 g/mol. The molecule has 0 aromatic carbocycles. The molecule has 1 fully saturated rings. The molecule has 0 bridgehead atoms. The van der Waals surface area contributed by atoms with Crippen molar-refractivity contribution < 1.29 is 4.79 Å². The number of rotatable bonds is 2. The summed E-state index contributed by atoms with van der Waals surface area (Å²) in [5.41, 5.74) is 0. The van der Waals surface area contributed by atoms with Gasteiger partial charge in [-0.1, -0.05) is 20.4 Å². The molecule has 0 saturated heterocycles. The van der Waals surface area contributed by atoms with Gasteiger partial charge in [-0.15, -0.1) is 5.10 Å². The highest BCUT2D eigenvalue weighted by molar-refractivity contribution is 9.10. The van der Waals surface area contributed by atoms with E-state index in [2.05, 4.69) is 30.8 Å². The van der Waals surface area contributed by atoms with E-state index in [0.717, 1.165) is 19.3 Å². The summed E-state index contributed by atoms with van der Waals surface area (Å²) in [7, 11) is 0. The van der Waals surface area contributed by atoms with Crippen LogP contribution in [0.3, 0.4) is 0 Å². The Hall–Kier alpha value is -0.490. The molecule has 0 atom stereocenters. The third kappa shape index (κ3) is 1.73. The van der Waals surface area contributed by atoms with E-state index < -0.39 is 0 Å². The second kappa shape index (κ2) is 3.34. The minimum atomic E-state index is -0.351. The van der Waals surface area contributed by atoms with Crippen molar-refractivity contribution in [1.29, 1.82) is 0 Å². The molecule has 0 spiro atoms. The summed E-state index contributed by atoms with van der Waals surface area (Å²) in [6, 6.07) is 0. The number of alkyl halides is 1. The first-order chi connectivity index (χ1) is 6.21. The van der Waals surface area contributed by atoms with Crippen molar-refractivity contribution in [2.75, 3.05) is 5.32 Å². The Morgan fingerprint density at radius 1 is 1.69 bits per heavy atom. The number of carbonyl (C=O) groups excluding carboxylic acids is 1. The van der Waals surface area contributed by atoms with E-state index in [1.807, 2.05) is 0 Å². The van der Waals surface area contributed by atoms with Crippen molar-refractivity contribution in [1.82, 2.24) is 9.59 Å². The Kier molecular flexibility index (Phi) is 2.33. The fourth-order valence-electron chi connectivity index (χ4n) is 1.16. The summed E-state index contributed by atoms with van der Waals surface area (Å²) in [5.74, 6) is 0.534. The summed E-state index contributed by atoms with van der Waals surface area (Å²) < 4.78 is 3.31. The van der Waals surface area contributed by atoms with Crippen LogP contribution in [0.1, 0.15) is 19.3 Å². The van der Waals surface area contributed by atoms with Gasteiger partial charge in [0.1, 0.15) is 4.32 Å². The zero-order chi connectivity index (χ0) is 9.31. The highest BCUT2D eigenvalue weighted by Gasteiger charge is 2.41. The third-order valence-corrected chi connectivity index (χ3v) is 3.81. The van der Waals surface area contributed by atoms with Crippen molar-refractivity contribution in [2.45, 2.75) is 23.6 Å². The SMILES string of the molecule is O=C(Nc1csnn1)C1(Br)CCC1. The van der Waals surface area contributed by atoms with Crippen LogP contribution in [0.4, 0.5) is 5.82 Å². The number of aromatic nitrogens is 2. The van der Waals surface area contributed by atoms with Gasteiger partial charge in [0.05, 0.1) is 5.38 Å². The van der Waals surface area contributed by atoms with E-state index in [1.165, 1.54) is 11.5 Å². The van der Waals surface area contributed by atoms with Crippen molar-refractivity contribution in [3.63, 3.8) is 0 Å². The normalized spacial score (nSPS) is 19.2. The average molecular weight is 262 g/mol. The van der Waals surface area contributed by atoms with E-state index in [1.54, 1.807) is 5.38 Å². The second-order valence-corrected chi connectivity index (χ2v) is 5.19. The predicted octanol–water partition coefficient (Wildman–Crippen LogP) is 1.79. The molecule has 2 rings (SSSR count). The van der Waals surface area contributed by atoms with Crippen LogP contribution in [0.5, 0.6) is 0 Å². The van der Waals surface area contributed by atoms with E-state index in [-0.39, 0.29) is 10.2 Å². The largest absolute Gasteiger partial charge is 0.307 e. The van der Waals surface area contributed by atoms with Gasteiger partial charge in [0, 0.05) is 0 Å². The number of anilines is 1. The Labute approximate surface area is 88.0 Å². The number of carbonyl (C=O) groups is 1. The maximum atomic E-state index is 11.6. The number of halogens is 1. The van der Waals surface area contributed by atoms with Crippen LogP contribution in [0.25, 0.3) is 0 Å². The summed E-state index contributed by atoms with van der Waals surface area (Å²) in [5, 5.41) is 8.17. The quantitative estimate of drug-likeness (QED) is 0.827. The molecule has 1 N–H and O–H groups in total. The lowest BCUT2D eigenvalue weighted by molar-refractivity contribution is -0.120. The fourth-order valence-corrected chi connectivity index (χ4v) is 2.21. The van der Waals surface area contributed by atoms with Crippen molar-refractivity contribution >= 4 is 39.2 Å². The first-order valence-electron chi connectivity index (χ1n) is 3.98. The van der Waals surface area contributed by atoms with E-state index in [9.17, 15) is 4.79 Å². The molecule has 1 saturated carbocycles. The van der Waals surface area contributed by atoms with Crippen LogP contribution < -0.4 is 5.32 Å². The van der Waals surface area contributed by atoms with Gasteiger partial charge in [-0.05, 0) is 30.8 Å². The van der Waals surface area contributed by atoms with Crippen molar-refractivity contribution in [2.24, 2.45) is 0 Å². The second-order valence-electron chi connectivity index (χ2n) is 3.06. The van der Waals surface area contributed by atoms with E-state index in [4.69, 9.17) is 0 Å². The lowest BCUT2D eigenvalue weighted by Gasteiger charge is -2.33. The van der Waals surface area contributed by atoms with Gasteiger partial charge in [-0.2, -0.15) is 0 Å². The minimum absolute atomic E-state index is 0.00792. The number of nitrogens with one attached hydrogen (secondary N) is 1. The van der Waals surface area contributed by atoms with Crippen LogP contribution in [0, 0.1) is 0 Å². The fraction of sp³-hybridized carbons (Fsp3) is 0.571. The molecule has 1 amide bonds. The van der Waals surface area contributed by atoms with Gasteiger partial charge in [0.2, 0.25) is 5.91 Å². The molecule has 0 aliphatic heterocycles. The summed E-state index contributed by atoms with van der Waals surface area (Å²) in [6.45, 7) is 0. The molecule has 6 heteroatoms. The zero-order valence-corrected chi connectivity index (χ0v) is 9.19. The molecule has 0 unspecified atom stereocenters. The maximum Gasteiger partial charge on any atom is 0.242 e. The van der Waals surface area contributed by atoms with E-state index >= 15 is 0 Å². The molecular formula is C7H8BrN3OS. The number of amides is 1. The number of nitrogens with zero attached hydrogens (tertiary/aromatic N) is 2. The standard InChI is InChI=1S/C7H8BrN3OS/c8-7(2-1-3-7)6(12)9-5-4-13-11-10-5/h4H,1-3H2,(H,9,12). The highest BCUT2D eigenvalue weighted by atomic mass is 79.9. The van der Waals surface area contributed by atoms with Crippen LogP contribution in [0.2, 0.25) is 0 Å². The molecule has 1 aromatic rings. The first kappa shape index (κ1) is 9.08. The van der Waals surface area contributed by atoms with Gasteiger partial charge in [0.25, 0.3) is 0 Å². The van der Waals surface area contributed by atoms with Crippen molar-refractivity contribution in [3.8, 4) is 0 Å². The molecule has 1 heterocycles. The predicted molar refractivity (Wildman–Crippen MR) is 54.0 cm³/mol. The van der Waals surface area contributed by atoms with Gasteiger partial charge < -0.3 is 5.32 Å². The zero-order valence-electron chi connectivity index (χ0n) is 6.79. The summed E-state index contributed by atoms with van der Waals surface area (Å²) in [4.78, 5) is 11.6. The Bertz CT molecular complexity index is 310. The highest BCUT2D eigenvalue weighted by Crippen LogP contribution is 2.40. The summed E-state index contributed by atoms with van der Waals surface area (Å²) >= 11 is 4.65. The lowest BCUT2D eigenvalue weighted by Crippen LogP contribution is -2.43. The molecule has 13 heavy (non-hydrogen) atoms. The topological polar surface area (TPSA) is 54.9 Å². The molecule has 4 nitrogen and oxygen atoms in total. The summed E-state index contributed by atoms with van der Waals surface area (Å²) in [6.07, 6.45) is 2.90. The van der Waals surface area contributed by atoms with Gasteiger partial charge in [0.15, 0.2) is 5.82 Å². The molecular weight excluding hydrogens is 254 g/mol. The minimum Gasteiger partial charge on any atom is -0.307 e. The molecule has 1 aliphatic rings. The molecule has 1 aromatic heterocycles.